The van der Waals surface area contributed by atoms with E-state index >= 15 is 0 Å². The lowest BCUT2D eigenvalue weighted by Gasteiger charge is -2.18. The van der Waals surface area contributed by atoms with E-state index in [9.17, 15) is 0 Å². The van der Waals surface area contributed by atoms with Crippen LogP contribution in [0.5, 0.6) is 0 Å². The summed E-state index contributed by atoms with van der Waals surface area (Å²) in [5, 5.41) is 9.50. The number of rotatable bonds is 3. The molecule has 0 spiro atoms. The second-order valence-electron chi connectivity index (χ2n) is 3.57. The fraction of sp³-hybridized carbons (Fsp3) is 0.250. The van der Waals surface area contributed by atoms with E-state index in [1.54, 1.807) is 0 Å². The molecule has 0 amide bonds. The van der Waals surface area contributed by atoms with Crippen LogP contribution in [0.25, 0.3) is 0 Å². The molecule has 0 bridgehead atoms. The number of likely N-dealkylation sites (N-methyl/N-ethyl adjacent to an activating group) is 1. The van der Waals surface area contributed by atoms with Gasteiger partial charge >= 0.3 is 0 Å². The minimum absolute atomic E-state index is 0.126. The standard InChI is InChI=1S/C12H16N4/c1-13-9-3-5-15-11(7-9)12-8-10(14-2)4-6-16-12/h3-8,11,13,15H,1-2H3,(H,14,16). The molecule has 1 unspecified atom stereocenters. The maximum Gasteiger partial charge on any atom is 0.0889 e. The van der Waals surface area contributed by atoms with E-state index in [-0.39, 0.29) is 6.04 Å². The van der Waals surface area contributed by atoms with Gasteiger partial charge in [-0.25, -0.2) is 0 Å². The average molecular weight is 216 g/mol. The SMILES string of the molecule is CNC1=CC(c2cc(NC)ccn2)NC=C1. The maximum absolute atomic E-state index is 4.37. The smallest absolute Gasteiger partial charge is 0.0889 e. The van der Waals surface area contributed by atoms with Crippen LogP contribution in [0, 0.1) is 0 Å². The molecule has 1 aromatic rings. The molecule has 84 valence electrons. The molecule has 4 nitrogen and oxygen atoms in total. The maximum atomic E-state index is 4.37. The summed E-state index contributed by atoms with van der Waals surface area (Å²) >= 11 is 0. The molecule has 0 fully saturated rings. The van der Waals surface area contributed by atoms with E-state index in [2.05, 4.69) is 27.0 Å². The molecule has 3 N–H and O–H groups in total. The van der Waals surface area contributed by atoms with Crippen LogP contribution < -0.4 is 16.0 Å². The van der Waals surface area contributed by atoms with E-state index in [4.69, 9.17) is 0 Å². The molecule has 1 aliphatic heterocycles. The zero-order valence-electron chi connectivity index (χ0n) is 9.49. The quantitative estimate of drug-likeness (QED) is 0.714. The van der Waals surface area contributed by atoms with Crippen LogP contribution in [0.3, 0.4) is 0 Å². The third-order valence-electron chi connectivity index (χ3n) is 2.56. The number of nitrogens with one attached hydrogen (secondary N) is 3. The highest BCUT2D eigenvalue weighted by atomic mass is 14.9. The summed E-state index contributed by atoms with van der Waals surface area (Å²) < 4.78 is 0. The Kier molecular flexibility index (Phi) is 3.10. The highest BCUT2D eigenvalue weighted by Gasteiger charge is 2.11. The predicted octanol–water partition coefficient (Wildman–Crippen LogP) is 1.38. The molecule has 0 saturated carbocycles. The number of hydrogen-bond acceptors (Lipinski definition) is 4. The summed E-state index contributed by atoms with van der Waals surface area (Å²) in [4.78, 5) is 4.37. The van der Waals surface area contributed by atoms with Crippen molar-refractivity contribution < 1.29 is 0 Å². The molecule has 0 saturated heterocycles. The minimum Gasteiger partial charge on any atom is -0.388 e. The summed E-state index contributed by atoms with van der Waals surface area (Å²) in [6.45, 7) is 0. The van der Waals surface area contributed by atoms with Gasteiger partial charge in [0, 0.05) is 31.7 Å². The van der Waals surface area contributed by atoms with Gasteiger partial charge in [-0.3, -0.25) is 4.98 Å². The molecule has 0 aliphatic carbocycles. The number of allylic oxidation sites excluding steroid dienone is 1. The second kappa shape index (κ2) is 4.70. The summed E-state index contributed by atoms with van der Waals surface area (Å²) in [6.07, 6.45) is 7.86. The van der Waals surface area contributed by atoms with Crippen molar-refractivity contribution in [3.05, 3.63) is 48.1 Å². The highest BCUT2D eigenvalue weighted by Crippen LogP contribution is 2.19. The van der Waals surface area contributed by atoms with Gasteiger partial charge in [0.25, 0.3) is 0 Å². The van der Waals surface area contributed by atoms with Crippen molar-refractivity contribution in [1.82, 2.24) is 15.6 Å². The molecule has 2 heterocycles. The molecular formula is C12H16N4. The van der Waals surface area contributed by atoms with Crippen molar-refractivity contribution >= 4 is 5.69 Å². The first-order valence-electron chi connectivity index (χ1n) is 5.29. The van der Waals surface area contributed by atoms with Crippen LogP contribution >= 0.6 is 0 Å². The first kappa shape index (κ1) is 10.5. The Morgan fingerprint density at radius 2 is 2.19 bits per heavy atom. The number of dihydropyridines is 1. The van der Waals surface area contributed by atoms with Crippen molar-refractivity contribution in [2.24, 2.45) is 0 Å². The Morgan fingerprint density at radius 3 is 2.94 bits per heavy atom. The van der Waals surface area contributed by atoms with E-state index in [1.165, 1.54) is 0 Å². The van der Waals surface area contributed by atoms with Crippen LogP contribution in [0.4, 0.5) is 5.69 Å². The molecule has 1 aromatic heterocycles. The Bertz CT molecular complexity index is 423. The predicted molar refractivity (Wildman–Crippen MR) is 65.9 cm³/mol. The van der Waals surface area contributed by atoms with Gasteiger partial charge in [0.15, 0.2) is 0 Å². The van der Waals surface area contributed by atoms with Crippen LogP contribution in [0.15, 0.2) is 42.4 Å². The number of pyridine rings is 1. The summed E-state index contributed by atoms with van der Waals surface area (Å²) in [5.74, 6) is 0. The van der Waals surface area contributed by atoms with Gasteiger partial charge in [0.1, 0.15) is 0 Å². The number of hydrogen-bond donors (Lipinski definition) is 3. The van der Waals surface area contributed by atoms with E-state index in [1.807, 2.05) is 44.7 Å². The molecule has 1 aliphatic rings. The largest absolute Gasteiger partial charge is 0.388 e. The van der Waals surface area contributed by atoms with E-state index < -0.39 is 0 Å². The number of aromatic nitrogens is 1. The summed E-state index contributed by atoms with van der Waals surface area (Å²) in [5.41, 5.74) is 3.17. The zero-order valence-corrected chi connectivity index (χ0v) is 9.49. The minimum atomic E-state index is 0.126. The van der Waals surface area contributed by atoms with Gasteiger partial charge in [0.05, 0.1) is 11.7 Å². The Morgan fingerprint density at radius 1 is 1.31 bits per heavy atom. The molecule has 2 rings (SSSR count). The molecule has 0 radical (unpaired) electrons. The lowest BCUT2D eigenvalue weighted by Crippen LogP contribution is -2.21. The molecule has 0 aromatic carbocycles. The van der Waals surface area contributed by atoms with Gasteiger partial charge in [-0.1, -0.05) is 0 Å². The first-order valence-corrected chi connectivity index (χ1v) is 5.29. The molecule has 1 atom stereocenters. The Balaban J connectivity index is 2.24. The van der Waals surface area contributed by atoms with Crippen molar-refractivity contribution in [1.29, 1.82) is 0 Å². The first-order chi connectivity index (χ1) is 7.83. The van der Waals surface area contributed by atoms with Crippen molar-refractivity contribution in [3.8, 4) is 0 Å². The normalized spacial score (nSPS) is 18.6. The second-order valence-corrected chi connectivity index (χ2v) is 3.57. The zero-order chi connectivity index (χ0) is 11.4. The third kappa shape index (κ3) is 2.16. The molecule has 16 heavy (non-hydrogen) atoms. The Labute approximate surface area is 95.5 Å². The van der Waals surface area contributed by atoms with E-state index in [0.29, 0.717) is 0 Å². The monoisotopic (exact) mass is 216 g/mol. The molecule has 4 heteroatoms. The lowest BCUT2D eigenvalue weighted by atomic mass is 10.1. The summed E-state index contributed by atoms with van der Waals surface area (Å²) in [7, 11) is 3.82. The third-order valence-corrected chi connectivity index (χ3v) is 2.56. The van der Waals surface area contributed by atoms with Gasteiger partial charge in [-0.05, 0) is 30.5 Å². The number of nitrogens with zero attached hydrogens (tertiary/aromatic N) is 1. The Hall–Kier alpha value is -1.97. The van der Waals surface area contributed by atoms with Gasteiger partial charge in [-0.15, -0.1) is 0 Å². The van der Waals surface area contributed by atoms with Crippen molar-refractivity contribution in [2.75, 3.05) is 19.4 Å². The average Bonchev–Trinajstić information content (AvgIpc) is 2.39. The van der Waals surface area contributed by atoms with Crippen molar-refractivity contribution in [2.45, 2.75) is 6.04 Å². The van der Waals surface area contributed by atoms with Gasteiger partial charge < -0.3 is 16.0 Å². The summed E-state index contributed by atoms with van der Waals surface area (Å²) in [6, 6.07) is 4.12. The van der Waals surface area contributed by atoms with Crippen LogP contribution in [0.1, 0.15) is 11.7 Å². The van der Waals surface area contributed by atoms with Crippen LogP contribution in [-0.4, -0.2) is 19.1 Å². The highest BCUT2D eigenvalue weighted by molar-refractivity contribution is 5.44. The van der Waals surface area contributed by atoms with Gasteiger partial charge in [-0.2, -0.15) is 0 Å². The fourth-order valence-electron chi connectivity index (χ4n) is 1.64. The van der Waals surface area contributed by atoms with Crippen LogP contribution in [-0.2, 0) is 0 Å². The fourth-order valence-corrected chi connectivity index (χ4v) is 1.64. The van der Waals surface area contributed by atoms with Crippen molar-refractivity contribution in [3.63, 3.8) is 0 Å². The van der Waals surface area contributed by atoms with E-state index in [0.717, 1.165) is 17.1 Å². The topological polar surface area (TPSA) is 49.0 Å². The lowest BCUT2D eigenvalue weighted by molar-refractivity contribution is 0.705. The van der Waals surface area contributed by atoms with Gasteiger partial charge in [0.2, 0.25) is 0 Å². The molecular weight excluding hydrogens is 200 g/mol. The van der Waals surface area contributed by atoms with Crippen LogP contribution in [0.2, 0.25) is 0 Å². The number of anilines is 1.